The first kappa shape index (κ1) is 7.12. The Kier molecular flexibility index (Phi) is 1.48. The molecule has 1 aromatic heterocycles. The van der Waals surface area contributed by atoms with Crippen LogP contribution < -0.4 is 5.73 Å². The minimum atomic E-state index is 0.228. The molecule has 12 heavy (non-hydrogen) atoms. The first-order chi connectivity index (χ1) is 5.83. The van der Waals surface area contributed by atoms with Gasteiger partial charge in [0.15, 0.2) is 0 Å². The summed E-state index contributed by atoms with van der Waals surface area (Å²) in [6.45, 7) is 0.322. The number of H-pyrrole nitrogens is 1. The largest absolute Gasteiger partial charge is 0.508 e. The molecule has 0 saturated heterocycles. The van der Waals surface area contributed by atoms with Gasteiger partial charge in [-0.15, -0.1) is 0 Å². The van der Waals surface area contributed by atoms with Gasteiger partial charge in [0.05, 0.1) is 11.7 Å². The Labute approximate surface area is 69.0 Å². The van der Waals surface area contributed by atoms with Crippen LogP contribution in [-0.2, 0) is 6.54 Å². The Morgan fingerprint density at radius 2 is 2.33 bits per heavy atom. The molecule has 62 valence electrons. The quantitative estimate of drug-likeness (QED) is 0.580. The maximum absolute atomic E-state index is 9.41. The van der Waals surface area contributed by atoms with Gasteiger partial charge in [0, 0.05) is 17.5 Å². The Balaban J connectivity index is 2.83. The van der Waals surface area contributed by atoms with Crippen molar-refractivity contribution in [1.82, 2.24) is 10.2 Å². The Morgan fingerprint density at radius 3 is 3.08 bits per heavy atom. The van der Waals surface area contributed by atoms with Crippen LogP contribution in [0, 0.1) is 0 Å². The molecule has 0 aliphatic carbocycles. The molecular formula is C8H9N3O. The van der Waals surface area contributed by atoms with Crippen LogP contribution in [0.3, 0.4) is 0 Å². The Morgan fingerprint density at radius 1 is 1.50 bits per heavy atom. The van der Waals surface area contributed by atoms with Gasteiger partial charge in [-0.05, 0) is 12.1 Å². The summed E-state index contributed by atoms with van der Waals surface area (Å²) in [5.41, 5.74) is 7.11. The van der Waals surface area contributed by atoms with Crippen molar-refractivity contribution in [2.24, 2.45) is 5.73 Å². The van der Waals surface area contributed by atoms with Gasteiger partial charge < -0.3 is 10.8 Å². The van der Waals surface area contributed by atoms with Crippen LogP contribution in [0.4, 0.5) is 0 Å². The number of nitrogens with two attached hydrogens (primary N) is 1. The highest BCUT2D eigenvalue weighted by Crippen LogP contribution is 2.24. The number of phenols is 1. The minimum Gasteiger partial charge on any atom is -0.508 e. The molecule has 0 aliphatic rings. The van der Waals surface area contributed by atoms with E-state index in [1.807, 2.05) is 0 Å². The number of fused-ring (bicyclic) bond motifs is 1. The standard InChI is InChI=1S/C8H9N3O/c9-3-5-6-4-10-11-7(6)1-2-8(5)12/h1-2,4,12H,3,9H2,(H,10,11). The first-order valence-corrected chi connectivity index (χ1v) is 3.67. The zero-order valence-corrected chi connectivity index (χ0v) is 6.41. The second-order valence-electron chi connectivity index (χ2n) is 2.60. The molecule has 1 aromatic carbocycles. The first-order valence-electron chi connectivity index (χ1n) is 3.67. The fourth-order valence-corrected chi connectivity index (χ4v) is 1.28. The van der Waals surface area contributed by atoms with E-state index in [9.17, 15) is 5.11 Å². The summed E-state index contributed by atoms with van der Waals surface area (Å²) in [5, 5.41) is 17.0. The van der Waals surface area contributed by atoms with Crippen LogP contribution in [-0.4, -0.2) is 15.3 Å². The van der Waals surface area contributed by atoms with Crippen LogP contribution in [0.1, 0.15) is 5.56 Å². The van der Waals surface area contributed by atoms with Gasteiger partial charge in [-0.2, -0.15) is 5.10 Å². The molecule has 4 N–H and O–H groups in total. The molecule has 4 heteroatoms. The summed E-state index contributed by atoms with van der Waals surface area (Å²) in [6, 6.07) is 3.39. The van der Waals surface area contributed by atoms with Crippen molar-refractivity contribution in [1.29, 1.82) is 0 Å². The van der Waals surface area contributed by atoms with E-state index >= 15 is 0 Å². The maximum Gasteiger partial charge on any atom is 0.120 e. The van der Waals surface area contributed by atoms with Crippen LogP contribution >= 0.6 is 0 Å². The van der Waals surface area contributed by atoms with Crippen molar-refractivity contribution in [2.45, 2.75) is 6.54 Å². The molecule has 0 radical (unpaired) electrons. The summed E-state index contributed by atoms with van der Waals surface area (Å²) in [6.07, 6.45) is 1.66. The third-order valence-corrected chi connectivity index (χ3v) is 1.92. The fourth-order valence-electron chi connectivity index (χ4n) is 1.28. The predicted octanol–water partition coefficient (Wildman–Crippen LogP) is 0.727. The molecule has 0 aliphatic heterocycles. The van der Waals surface area contributed by atoms with Crippen molar-refractivity contribution >= 4 is 10.9 Å². The van der Waals surface area contributed by atoms with E-state index in [0.29, 0.717) is 6.54 Å². The average Bonchev–Trinajstić information content (AvgIpc) is 2.52. The Bertz CT molecular complexity index is 408. The molecule has 0 saturated carbocycles. The van der Waals surface area contributed by atoms with E-state index in [1.165, 1.54) is 0 Å². The fraction of sp³-hybridized carbons (Fsp3) is 0.125. The van der Waals surface area contributed by atoms with Gasteiger partial charge in [-0.1, -0.05) is 0 Å². The Hall–Kier alpha value is -1.55. The summed E-state index contributed by atoms with van der Waals surface area (Å²) in [4.78, 5) is 0. The third kappa shape index (κ3) is 0.853. The highest BCUT2D eigenvalue weighted by atomic mass is 16.3. The van der Waals surface area contributed by atoms with Crippen molar-refractivity contribution in [2.75, 3.05) is 0 Å². The zero-order valence-electron chi connectivity index (χ0n) is 6.41. The van der Waals surface area contributed by atoms with Crippen molar-refractivity contribution in [3.05, 3.63) is 23.9 Å². The molecule has 0 amide bonds. The van der Waals surface area contributed by atoms with E-state index in [2.05, 4.69) is 10.2 Å². The monoisotopic (exact) mass is 163 g/mol. The van der Waals surface area contributed by atoms with Gasteiger partial charge in [-0.3, -0.25) is 5.10 Å². The number of aromatic hydroxyl groups is 1. The zero-order chi connectivity index (χ0) is 8.55. The molecule has 0 fully saturated rings. The number of rotatable bonds is 1. The minimum absolute atomic E-state index is 0.228. The number of nitrogens with one attached hydrogen (secondary N) is 1. The van der Waals surface area contributed by atoms with Crippen molar-refractivity contribution in [3.8, 4) is 5.75 Å². The smallest absolute Gasteiger partial charge is 0.120 e. The number of nitrogens with zero attached hydrogens (tertiary/aromatic N) is 1. The molecule has 0 bridgehead atoms. The van der Waals surface area contributed by atoms with Crippen LogP contribution in [0.25, 0.3) is 10.9 Å². The highest BCUT2D eigenvalue weighted by Gasteiger charge is 2.05. The van der Waals surface area contributed by atoms with Crippen LogP contribution in [0.5, 0.6) is 5.75 Å². The molecule has 0 unspecified atom stereocenters. The van der Waals surface area contributed by atoms with Crippen LogP contribution in [0.2, 0.25) is 0 Å². The lowest BCUT2D eigenvalue weighted by atomic mass is 10.1. The van der Waals surface area contributed by atoms with E-state index in [0.717, 1.165) is 16.5 Å². The van der Waals surface area contributed by atoms with Crippen LogP contribution in [0.15, 0.2) is 18.3 Å². The lowest BCUT2D eigenvalue weighted by Gasteiger charge is -2.01. The second-order valence-corrected chi connectivity index (χ2v) is 2.60. The SMILES string of the molecule is NCc1c(O)ccc2[nH]ncc12. The van der Waals surface area contributed by atoms with Gasteiger partial charge >= 0.3 is 0 Å². The van der Waals surface area contributed by atoms with E-state index in [4.69, 9.17) is 5.73 Å². The number of phenolic OH excluding ortho intramolecular Hbond substituents is 1. The second kappa shape index (κ2) is 2.49. The number of hydrogen-bond donors (Lipinski definition) is 3. The van der Waals surface area contributed by atoms with Gasteiger partial charge in [-0.25, -0.2) is 0 Å². The van der Waals surface area contributed by atoms with Crippen molar-refractivity contribution < 1.29 is 5.11 Å². The summed E-state index contributed by atoms with van der Waals surface area (Å²) in [5.74, 6) is 0.228. The van der Waals surface area contributed by atoms with E-state index in [-0.39, 0.29) is 5.75 Å². The highest BCUT2D eigenvalue weighted by molar-refractivity contribution is 5.83. The molecular weight excluding hydrogens is 154 g/mol. The molecule has 2 rings (SSSR count). The van der Waals surface area contributed by atoms with Gasteiger partial charge in [0.25, 0.3) is 0 Å². The number of benzene rings is 1. The maximum atomic E-state index is 9.41. The molecule has 0 spiro atoms. The number of aromatic nitrogens is 2. The number of aromatic amines is 1. The summed E-state index contributed by atoms with van der Waals surface area (Å²) >= 11 is 0. The lowest BCUT2D eigenvalue weighted by Crippen LogP contribution is -1.96. The van der Waals surface area contributed by atoms with Gasteiger partial charge in [0.2, 0.25) is 0 Å². The number of hydrogen-bond acceptors (Lipinski definition) is 3. The summed E-state index contributed by atoms with van der Waals surface area (Å²) in [7, 11) is 0. The van der Waals surface area contributed by atoms with E-state index in [1.54, 1.807) is 18.3 Å². The summed E-state index contributed by atoms with van der Waals surface area (Å²) < 4.78 is 0. The molecule has 1 heterocycles. The average molecular weight is 163 g/mol. The normalized spacial score (nSPS) is 10.8. The molecule has 4 nitrogen and oxygen atoms in total. The predicted molar refractivity (Wildman–Crippen MR) is 45.6 cm³/mol. The lowest BCUT2D eigenvalue weighted by molar-refractivity contribution is 0.469. The topological polar surface area (TPSA) is 74.9 Å². The molecule has 0 atom stereocenters. The molecule has 2 aromatic rings. The van der Waals surface area contributed by atoms with Gasteiger partial charge in [0.1, 0.15) is 5.75 Å². The van der Waals surface area contributed by atoms with Crippen molar-refractivity contribution in [3.63, 3.8) is 0 Å². The third-order valence-electron chi connectivity index (χ3n) is 1.92. The van der Waals surface area contributed by atoms with E-state index < -0.39 is 0 Å².